The number of benzene rings is 2. The van der Waals surface area contributed by atoms with Gasteiger partial charge in [0.2, 0.25) is 23.6 Å². The second-order valence-electron chi connectivity index (χ2n) is 10.4. The molecular formula is C30H36N4O6. The van der Waals surface area contributed by atoms with Crippen LogP contribution in [0.4, 0.5) is 0 Å². The van der Waals surface area contributed by atoms with Gasteiger partial charge >= 0.3 is 5.97 Å². The number of hydrogen-bond acceptors (Lipinski definition) is 6. The monoisotopic (exact) mass is 548 g/mol. The molecule has 10 nitrogen and oxygen atoms in total. The van der Waals surface area contributed by atoms with E-state index in [9.17, 15) is 24.0 Å². The van der Waals surface area contributed by atoms with Gasteiger partial charge in [-0.05, 0) is 41.9 Å². The molecule has 0 spiro atoms. The number of carbonyl (C=O) groups excluding carboxylic acids is 5. The molecule has 0 aromatic heterocycles. The van der Waals surface area contributed by atoms with Crippen molar-refractivity contribution >= 4 is 29.6 Å². The Morgan fingerprint density at radius 2 is 1.70 bits per heavy atom. The molecule has 4 N–H and O–H groups in total. The van der Waals surface area contributed by atoms with Crippen LogP contribution in [-0.2, 0) is 41.6 Å². The van der Waals surface area contributed by atoms with E-state index in [1.54, 1.807) is 4.90 Å². The maximum Gasteiger partial charge on any atom is 0.328 e. The highest BCUT2D eigenvalue weighted by molar-refractivity contribution is 5.94. The van der Waals surface area contributed by atoms with Crippen LogP contribution >= 0.6 is 0 Å². The molecule has 3 aliphatic rings. The molecule has 212 valence electrons. The predicted molar refractivity (Wildman–Crippen MR) is 147 cm³/mol. The molecule has 10 heteroatoms. The van der Waals surface area contributed by atoms with Crippen molar-refractivity contribution in [2.24, 2.45) is 5.73 Å². The van der Waals surface area contributed by atoms with Crippen LogP contribution in [0.5, 0.6) is 0 Å². The van der Waals surface area contributed by atoms with E-state index in [1.807, 2.05) is 54.6 Å². The number of primary amides is 1. The van der Waals surface area contributed by atoms with Gasteiger partial charge in [0.1, 0.15) is 18.1 Å². The SMILES string of the molecule is COC(=O)[C@@H]1Cc2ccc(cc2)C(CC(N)=O)CCC(=O)N2CCC[C@H]2C(=O)N[C@@H](Cc2ccccc2)C(=O)N1. The van der Waals surface area contributed by atoms with Gasteiger partial charge in [-0.3, -0.25) is 19.2 Å². The number of hydrogen-bond donors (Lipinski definition) is 3. The van der Waals surface area contributed by atoms with Crippen molar-refractivity contribution in [3.63, 3.8) is 0 Å². The molecule has 2 aromatic carbocycles. The molecule has 5 rings (SSSR count). The molecule has 4 amide bonds. The van der Waals surface area contributed by atoms with E-state index >= 15 is 0 Å². The summed E-state index contributed by atoms with van der Waals surface area (Å²) in [5.74, 6) is -2.47. The lowest BCUT2D eigenvalue weighted by Crippen LogP contribution is -2.56. The van der Waals surface area contributed by atoms with Crippen molar-refractivity contribution < 1.29 is 28.7 Å². The summed E-state index contributed by atoms with van der Waals surface area (Å²) in [5.41, 5.74) is 7.95. The van der Waals surface area contributed by atoms with Gasteiger partial charge in [0.25, 0.3) is 0 Å². The van der Waals surface area contributed by atoms with Crippen molar-refractivity contribution in [2.75, 3.05) is 13.7 Å². The van der Waals surface area contributed by atoms with Crippen LogP contribution in [0.1, 0.15) is 54.7 Å². The van der Waals surface area contributed by atoms with E-state index in [-0.39, 0.29) is 37.5 Å². The van der Waals surface area contributed by atoms with Gasteiger partial charge in [0, 0.05) is 32.2 Å². The average Bonchev–Trinajstić information content (AvgIpc) is 3.45. The van der Waals surface area contributed by atoms with Crippen LogP contribution in [0, 0.1) is 0 Å². The Morgan fingerprint density at radius 3 is 2.38 bits per heavy atom. The van der Waals surface area contributed by atoms with Gasteiger partial charge in [-0.25, -0.2) is 4.79 Å². The molecule has 2 bridgehead atoms. The van der Waals surface area contributed by atoms with Crippen molar-refractivity contribution in [3.05, 3.63) is 71.3 Å². The Hall–Kier alpha value is -4.21. The Labute approximate surface area is 233 Å². The highest BCUT2D eigenvalue weighted by Gasteiger charge is 2.37. The zero-order valence-corrected chi connectivity index (χ0v) is 22.6. The zero-order chi connectivity index (χ0) is 28.6. The van der Waals surface area contributed by atoms with Gasteiger partial charge in [0.15, 0.2) is 0 Å². The number of nitrogens with two attached hydrogens (primary N) is 1. The minimum Gasteiger partial charge on any atom is -0.467 e. The second-order valence-corrected chi connectivity index (χ2v) is 10.4. The van der Waals surface area contributed by atoms with Gasteiger partial charge in [-0.15, -0.1) is 0 Å². The Bertz CT molecular complexity index is 1230. The number of carbonyl (C=O) groups is 5. The molecule has 1 saturated heterocycles. The number of esters is 1. The smallest absolute Gasteiger partial charge is 0.328 e. The highest BCUT2D eigenvalue weighted by atomic mass is 16.5. The zero-order valence-electron chi connectivity index (χ0n) is 22.6. The summed E-state index contributed by atoms with van der Waals surface area (Å²) in [6.45, 7) is 0.437. The van der Waals surface area contributed by atoms with Gasteiger partial charge in [-0.2, -0.15) is 0 Å². The fourth-order valence-corrected chi connectivity index (χ4v) is 5.50. The summed E-state index contributed by atoms with van der Waals surface area (Å²) >= 11 is 0. The van der Waals surface area contributed by atoms with Crippen molar-refractivity contribution in [1.29, 1.82) is 0 Å². The molecule has 40 heavy (non-hydrogen) atoms. The van der Waals surface area contributed by atoms with Crippen LogP contribution < -0.4 is 16.4 Å². The van der Waals surface area contributed by atoms with Crippen LogP contribution in [-0.4, -0.2) is 66.3 Å². The summed E-state index contributed by atoms with van der Waals surface area (Å²) < 4.78 is 4.97. The molecule has 3 aliphatic heterocycles. The van der Waals surface area contributed by atoms with Crippen LogP contribution in [0.25, 0.3) is 0 Å². The minimum absolute atomic E-state index is 0.0819. The topological polar surface area (TPSA) is 148 Å². The fourth-order valence-electron chi connectivity index (χ4n) is 5.50. The highest BCUT2D eigenvalue weighted by Crippen LogP contribution is 2.28. The van der Waals surface area contributed by atoms with E-state index in [4.69, 9.17) is 10.5 Å². The predicted octanol–water partition coefficient (Wildman–Crippen LogP) is 1.36. The quantitative estimate of drug-likeness (QED) is 0.481. The fraction of sp³-hybridized carbons (Fsp3) is 0.433. The lowest BCUT2D eigenvalue weighted by molar-refractivity contribution is -0.145. The van der Waals surface area contributed by atoms with Crippen molar-refractivity contribution in [3.8, 4) is 0 Å². The second kappa shape index (κ2) is 13.2. The Kier molecular flexibility index (Phi) is 9.52. The lowest BCUT2D eigenvalue weighted by Gasteiger charge is -2.27. The summed E-state index contributed by atoms with van der Waals surface area (Å²) in [4.78, 5) is 66.3. The Morgan fingerprint density at radius 1 is 0.975 bits per heavy atom. The third-order valence-corrected chi connectivity index (χ3v) is 7.64. The first-order valence-corrected chi connectivity index (χ1v) is 13.6. The molecular weight excluding hydrogens is 512 g/mol. The first kappa shape index (κ1) is 28.8. The molecule has 1 unspecified atom stereocenters. The number of rotatable bonds is 5. The van der Waals surface area contributed by atoms with Gasteiger partial charge in [0.05, 0.1) is 7.11 Å². The van der Waals surface area contributed by atoms with E-state index < -0.39 is 41.8 Å². The maximum absolute atomic E-state index is 13.5. The molecule has 2 aromatic rings. The van der Waals surface area contributed by atoms with Crippen molar-refractivity contribution in [2.45, 2.75) is 69.0 Å². The van der Waals surface area contributed by atoms with Crippen LogP contribution in [0.2, 0.25) is 0 Å². The maximum atomic E-state index is 13.5. The number of nitrogens with one attached hydrogen (secondary N) is 2. The van der Waals surface area contributed by atoms with E-state index in [0.717, 1.165) is 16.7 Å². The molecule has 0 radical (unpaired) electrons. The summed E-state index contributed by atoms with van der Waals surface area (Å²) in [6.07, 6.45) is 2.15. The third-order valence-electron chi connectivity index (χ3n) is 7.64. The molecule has 3 heterocycles. The number of ether oxygens (including phenoxy) is 1. The lowest BCUT2D eigenvalue weighted by atomic mass is 9.89. The minimum atomic E-state index is -0.986. The average molecular weight is 549 g/mol. The summed E-state index contributed by atoms with van der Waals surface area (Å²) in [7, 11) is 1.25. The number of amides is 4. The molecule has 1 fully saturated rings. The van der Waals surface area contributed by atoms with Crippen molar-refractivity contribution in [1.82, 2.24) is 15.5 Å². The normalized spacial score (nSPS) is 24.0. The van der Waals surface area contributed by atoms with Gasteiger partial charge in [-0.1, -0.05) is 54.6 Å². The Balaban J connectivity index is 1.68. The third kappa shape index (κ3) is 7.25. The first-order valence-electron chi connectivity index (χ1n) is 13.6. The van der Waals surface area contributed by atoms with E-state index in [0.29, 0.717) is 25.8 Å². The number of nitrogens with zero attached hydrogens (tertiary/aromatic N) is 1. The van der Waals surface area contributed by atoms with Crippen LogP contribution in [0.15, 0.2) is 54.6 Å². The number of methoxy groups -OCH3 is 1. The first-order chi connectivity index (χ1) is 19.2. The number of fused-ring (bicyclic) bond motifs is 11. The summed E-state index contributed by atoms with van der Waals surface area (Å²) in [6, 6.07) is 13.9. The molecule has 0 aliphatic carbocycles. The largest absolute Gasteiger partial charge is 0.467 e. The van der Waals surface area contributed by atoms with E-state index in [1.165, 1.54) is 7.11 Å². The van der Waals surface area contributed by atoms with Crippen LogP contribution in [0.3, 0.4) is 0 Å². The summed E-state index contributed by atoms with van der Waals surface area (Å²) in [5, 5.41) is 5.62. The molecule has 0 saturated carbocycles. The van der Waals surface area contributed by atoms with E-state index in [2.05, 4.69) is 10.6 Å². The van der Waals surface area contributed by atoms with Gasteiger partial charge < -0.3 is 26.0 Å². The standard InChI is InChI=1S/C30H36N4O6/c1-40-30(39)24-17-20-9-11-21(12-10-20)22(18-26(31)35)13-14-27(36)34-15-5-8-25(34)29(38)32-23(28(37)33-24)16-19-6-3-2-4-7-19/h2-4,6-7,9-12,22-25H,5,8,13-18H2,1H3,(H2,31,35)(H,32,38)(H,33,37)/t22?,23-,24-,25-/m0/s1. The molecule has 4 atom stereocenters.